The third kappa shape index (κ3) is 4.57. The number of aromatic amines is 1. The highest BCUT2D eigenvalue weighted by molar-refractivity contribution is 6.33. The Morgan fingerprint density at radius 2 is 2.00 bits per heavy atom. The van der Waals surface area contributed by atoms with Gasteiger partial charge in [0, 0.05) is 37.7 Å². The van der Waals surface area contributed by atoms with Crippen molar-refractivity contribution in [3.8, 4) is 0 Å². The molecule has 0 radical (unpaired) electrons. The smallest absolute Gasteiger partial charge is 0.407 e. The van der Waals surface area contributed by atoms with Crippen LogP contribution in [0.2, 0.25) is 5.02 Å². The largest absolute Gasteiger partial charge is 0.444 e. The van der Waals surface area contributed by atoms with Crippen LogP contribution in [-0.4, -0.2) is 70.6 Å². The fourth-order valence-corrected chi connectivity index (χ4v) is 4.19. The van der Waals surface area contributed by atoms with Crippen molar-refractivity contribution >= 4 is 29.3 Å². The summed E-state index contributed by atoms with van der Waals surface area (Å²) in [7, 11) is 0. The van der Waals surface area contributed by atoms with E-state index in [1.54, 1.807) is 11.8 Å². The third-order valence-electron chi connectivity index (χ3n) is 6.00. The Balaban J connectivity index is 1.23. The van der Waals surface area contributed by atoms with E-state index in [1.165, 1.54) is 6.20 Å². The fourth-order valence-electron chi connectivity index (χ4n) is 3.98. The molecule has 2 aliphatic heterocycles. The molecule has 2 amide bonds. The molecule has 1 atom stereocenters. The number of H-pyrrole nitrogens is 1. The number of anilines is 1. The Kier molecular flexibility index (Phi) is 6.35. The summed E-state index contributed by atoms with van der Waals surface area (Å²) in [6, 6.07) is -0.0736. The van der Waals surface area contributed by atoms with Crippen LogP contribution in [-0.2, 0) is 4.74 Å². The van der Waals surface area contributed by atoms with Crippen LogP contribution in [0.15, 0.2) is 15.5 Å². The van der Waals surface area contributed by atoms with E-state index in [1.807, 2.05) is 11.8 Å². The van der Waals surface area contributed by atoms with Crippen molar-refractivity contribution in [3.05, 3.63) is 38.6 Å². The minimum absolute atomic E-state index is 0.0717. The number of alkyl carbamates (subject to hydrolysis) is 1. The molecular weight excluding hydrogens is 440 g/mol. The lowest BCUT2D eigenvalue weighted by molar-refractivity contribution is 0.0683. The number of hydrogen-bond acceptors (Lipinski definition) is 8. The molecule has 12 heteroatoms. The highest BCUT2D eigenvalue weighted by atomic mass is 35.5. The van der Waals surface area contributed by atoms with Crippen LogP contribution in [0.1, 0.15) is 41.1 Å². The number of piperidine rings is 1. The number of halogens is 1. The molecular formula is C20H25ClN6O5. The van der Waals surface area contributed by atoms with E-state index in [9.17, 15) is 14.4 Å². The Morgan fingerprint density at radius 3 is 2.69 bits per heavy atom. The van der Waals surface area contributed by atoms with Gasteiger partial charge in [0.15, 0.2) is 5.69 Å². The molecule has 2 fully saturated rings. The van der Waals surface area contributed by atoms with E-state index < -0.39 is 11.7 Å². The number of amides is 2. The predicted octanol–water partition coefficient (Wildman–Crippen LogP) is 1.64. The van der Waals surface area contributed by atoms with Gasteiger partial charge in [-0.2, -0.15) is 5.10 Å². The van der Waals surface area contributed by atoms with Gasteiger partial charge in [0.05, 0.1) is 18.4 Å². The van der Waals surface area contributed by atoms with Gasteiger partial charge in [-0.25, -0.2) is 9.89 Å². The minimum Gasteiger partial charge on any atom is -0.444 e. The van der Waals surface area contributed by atoms with Gasteiger partial charge in [-0.05, 0) is 26.7 Å². The summed E-state index contributed by atoms with van der Waals surface area (Å²) in [6.07, 6.45) is 2.57. The van der Waals surface area contributed by atoms with Crippen molar-refractivity contribution in [3.63, 3.8) is 0 Å². The van der Waals surface area contributed by atoms with Crippen LogP contribution >= 0.6 is 11.6 Å². The Labute approximate surface area is 189 Å². The molecule has 0 aromatic carbocycles. The van der Waals surface area contributed by atoms with E-state index >= 15 is 0 Å². The molecule has 0 saturated carbocycles. The van der Waals surface area contributed by atoms with Crippen molar-refractivity contribution in [2.24, 2.45) is 0 Å². The molecule has 4 heterocycles. The van der Waals surface area contributed by atoms with Crippen LogP contribution in [0.25, 0.3) is 0 Å². The van der Waals surface area contributed by atoms with E-state index in [2.05, 4.69) is 20.7 Å². The molecule has 32 heavy (non-hydrogen) atoms. The Hall–Kier alpha value is -3.08. The summed E-state index contributed by atoms with van der Waals surface area (Å²) in [5, 5.41) is 12.9. The first kappa shape index (κ1) is 22.1. The van der Waals surface area contributed by atoms with Gasteiger partial charge in [0.2, 0.25) is 0 Å². The molecule has 2 N–H and O–H groups in total. The van der Waals surface area contributed by atoms with E-state index in [4.69, 9.17) is 20.9 Å². The van der Waals surface area contributed by atoms with Crippen LogP contribution in [0, 0.1) is 13.8 Å². The molecule has 2 aromatic heterocycles. The highest BCUT2D eigenvalue weighted by Gasteiger charge is 2.31. The SMILES string of the molecule is Cc1onc(C(=O)N2CCC(NC(=O)O[C@@H]3CCN(c4cn[nH]c(=O)c4Cl)C3)CC2)c1C. The maximum Gasteiger partial charge on any atom is 0.407 e. The summed E-state index contributed by atoms with van der Waals surface area (Å²) in [5.41, 5.74) is 1.16. The normalized spacial score (nSPS) is 19.3. The van der Waals surface area contributed by atoms with Gasteiger partial charge >= 0.3 is 6.09 Å². The first-order valence-corrected chi connectivity index (χ1v) is 10.9. The van der Waals surface area contributed by atoms with E-state index in [0.717, 1.165) is 5.56 Å². The van der Waals surface area contributed by atoms with Crippen molar-refractivity contribution in [2.75, 3.05) is 31.1 Å². The minimum atomic E-state index is -0.486. The number of ether oxygens (including phenoxy) is 1. The maximum absolute atomic E-state index is 12.6. The molecule has 0 aliphatic carbocycles. The maximum atomic E-state index is 12.6. The average Bonchev–Trinajstić information content (AvgIpc) is 3.36. The second-order valence-corrected chi connectivity index (χ2v) is 8.46. The molecule has 172 valence electrons. The van der Waals surface area contributed by atoms with Gasteiger partial charge in [-0.15, -0.1) is 0 Å². The molecule has 2 aliphatic rings. The van der Waals surface area contributed by atoms with Crippen LogP contribution in [0.5, 0.6) is 0 Å². The van der Waals surface area contributed by atoms with Gasteiger partial charge < -0.3 is 24.4 Å². The van der Waals surface area contributed by atoms with Gasteiger partial charge in [0.1, 0.15) is 16.9 Å². The number of hydrogen-bond donors (Lipinski definition) is 2. The number of nitrogens with one attached hydrogen (secondary N) is 2. The highest BCUT2D eigenvalue weighted by Crippen LogP contribution is 2.26. The van der Waals surface area contributed by atoms with E-state index in [0.29, 0.717) is 62.6 Å². The van der Waals surface area contributed by atoms with Crippen molar-refractivity contribution in [2.45, 2.75) is 45.3 Å². The monoisotopic (exact) mass is 464 g/mol. The summed E-state index contributed by atoms with van der Waals surface area (Å²) in [4.78, 5) is 40.2. The lowest BCUT2D eigenvalue weighted by Gasteiger charge is -2.32. The Bertz CT molecular complexity index is 1060. The van der Waals surface area contributed by atoms with Crippen LogP contribution in [0.4, 0.5) is 10.5 Å². The topological polar surface area (TPSA) is 134 Å². The predicted molar refractivity (Wildman–Crippen MR) is 115 cm³/mol. The second-order valence-electron chi connectivity index (χ2n) is 8.08. The standard InChI is InChI=1S/C20H25ClN6O5/c1-11-12(2)32-25-17(11)19(29)26-6-3-13(4-7-26)23-20(30)31-14-5-8-27(10-14)15-9-22-24-18(28)16(15)21/h9,13-14H,3-8,10H2,1-2H3,(H,23,30)(H,24,28)/t14-/m1/s1. The number of nitrogens with zero attached hydrogens (tertiary/aromatic N) is 4. The van der Waals surface area contributed by atoms with E-state index in [-0.39, 0.29) is 23.1 Å². The van der Waals surface area contributed by atoms with Gasteiger partial charge in [0.25, 0.3) is 11.5 Å². The fraction of sp³-hybridized carbons (Fsp3) is 0.550. The second kappa shape index (κ2) is 9.19. The first-order chi connectivity index (χ1) is 15.3. The number of carbonyl (C=O) groups is 2. The molecule has 0 bridgehead atoms. The molecule has 4 rings (SSSR count). The summed E-state index contributed by atoms with van der Waals surface area (Å²) in [5.74, 6) is 0.482. The molecule has 2 aromatic rings. The lowest BCUT2D eigenvalue weighted by atomic mass is 10.0. The zero-order chi connectivity index (χ0) is 22.8. The first-order valence-electron chi connectivity index (χ1n) is 10.5. The molecule has 11 nitrogen and oxygen atoms in total. The van der Waals surface area contributed by atoms with Crippen molar-refractivity contribution in [1.82, 2.24) is 25.6 Å². The number of carbonyl (C=O) groups excluding carboxylic acids is 2. The van der Waals surface area contributed by atoms with Crippen molar-refractivity contribution in [1.29, 1.82) is 0 Å². The van der Waals surface area contributed by atoms with Crippen molar-refractivity contribution < 1.29 is 18.8 Å². The number of aryl methyl sites for hydroxylation is 1. The summed E-state index contributed by atoms with van der Waals surface area (Å²) >= 11 is 6.06. The molecule has 0 unspecified atom stereocenters. The van der Waals surface area contributed by atoms with Crippen LogP contribution in [0.3, 0.4) is 0 Å². The lowest BCUT2D eigenvalue weighted by Crippen LogP contribution is -2.47. The zero-order valence-corrected chi connectivity index (χ0v) is 18.6. The number of aromatic nitrogens is 3. The Morgan fingerprint density at radius 1 is 1.25 bits per heavy atom. The van der Waals surface area contributed by atoms with Gasteiger partial charge in [-0.3, -0.25) is 9.59 Å². The summed E-state index contributed by atoms with van der Waals surface area (Å²) < 4.78 is 10.6. The molecule has 2 saturated heterocycles. The van der Waals surface area contributed by atoms with Gasteiger partial charge in [-0.1, -0.05) is 16.8 Å². The average molecular weight is 465 g/mol. The number of rotatable bonds is 4. The third-order valence-corrected chi connectivity index (χ3v) is 6.37. The summed E-state index contributed by atoms with van der Waals surface area (Å²) in [6.45, 7) is 5.65. The number of likely N-dealkylation sites (tertiary alicyclic amines) is 1. The quantitative estimate of drug-likeness (QED) is 0.697. The molecule has 0 spiro atoms. The van der Waals surface area contributed by atoms with Crippen LogP contribution < -0.4 is 15.8 Å². The zero-order valence-electron chi connectivity index (χ0n) is 17.9.